The number of benzene rings is 1. The van der Waals surface area contributed by atoms with E-state index in [9.17, 15) is 8.78 Å². The Morgan fingerprint density at radius 3 is 2.56 bits per heavy atom. The van der Waals surface area contributed by atoms with Crippen LogP contribution in [0.3, 0.4) is 0 Å². The predicted molar refractivity (Wildman–Crippen MR) is 95.3 cm³/mol. The van der Waals surface area contributed by atoms with Gasteiger partial charge in [-0.1, -0.05) is 13.0 Å². The fourth-order valence-corrected chi connectivity index (χ4v) is 3.40. The van der Waals surface area contributed by atoms with Crippen LogP contribution in [0.4, 0.5) is 8.78 Å². The van der Waals surface area contributed by atoms with Gasteiger partial charge < -0.3 is 5.32 Å². The number of rotatable bonds is 6. The van der Waals surface area contributed by atoms with Crippen LogP contribution in [0.5, 0.6) is 0 Å². The summed E-state index contributed by atoms with van der Waals surface area (Å²) in [5.41, 5.74) is 1.87. The number of likely N-dealkylation sites (tertiary alicyclic amines) is 1. The van der Waals surface area contributed by atoms with Gasteiger partial charge in [0.05, 0.1) is 0 Å². The molecule has 0 amide bonds. The Hall–Kier alpha value is -1.85. The van der Waals surface area contributed by atoms with Gasteiger partial charge in [0.25, 0.3) is 0 Å². The molecule has 2 heterocycles. The fourth-order valence-electron chi connectivity index (χ4n) is 3.40. The van der Waals surface area contributed by atoms with E-state index in [2.05, 4.69) is 27.3 Å². The van der Waals surface area contributed by atoms with Crippen LogP contribution in [0.1, 0.15) is 36.8 Å². The molecule has 1 aliphatic heterocycles. The number of aromatic nitrogens is 1. The molecule has 0 spiro atoms. The summed E-state index contributed by atoms with van der Waals surface area (Å²) in [6.45, 7) is 5.75. The third-order valence-electron chi connectivity index (χ3n) is 4.95. The molecule has 1 saturated heterocycles. The zero-order valence-corrected chi connectivity index (χ0v) is 14.6. The first kappa shape index (κ1) is 18.0. The summed E-state index contributed by atoms with van der Waals surface area (Å²) in [7, 11) is 0. The maximum atomic E-state index is 13.8. The fraction of sp³-hybridized carbons (Fsp3) is 0.450. The lowest BCUT2D eigenvalue weighted by molar-refractivity contribution is 0.190. The molecule has 3 nitrogen and oxygen atoms in total. The third-order valence-corrected chi connectivity index (χ3v) is 4.95. The van der Waals surface area contributed by atoms with Crippen LogP contribution >= 0.6 is 0 Å². The van der Waals surface area contributed by atoms with Gasteiger partial charge in [0.15, 0.2) is 0 Å². The van der Waals surface area contributed by atoms with Gasteiger partial charge in [-0.15, -0.1) is 0 Å². The van der Waals surface area contributed by atoms with Gasteiger partial charge in [0.1, 0.15) is 11.6 Å². The Balaban J connectivity index is 1.43. The molecule has 0 bridgehead atoms. The molecule has 1 fully saturated rings. The van der Waals surface area contributed by atoms with Crippen molar-refractivity contribution >= 4 is 0 Å². The largest absolute Gasteiger partial charge is 0.313 e. The average molecular weight is 345 g/mol. The van der Waals surface area contributed by atoms with E-state index in [1.54, 1.807) is 6.07 Å². The standard InChI is InChI=1S/C20H25F2N3/c1-15(19-3-2-17(21)12-20(19)22)13-24-18-6-10-25(11-7-18)14-16-4-8-23-9-5-16/h2-5,8-9,12,15,18,24H,6-7,10-11,13-14H2,1H3. The van der Waals surface area contributed by atoms with Crippen LogP contribution in [0, 0.1) is 11.6 Å². The third kappa shape index (κ3) is 5.06. The van der Waals surface area contributed by atoms with Crippen molar-refractivity contribution in [2.24, 2.45) is 0 Å². The molecule has 0 saturated carbocycles. The monoisotopic (exact) mass is 345 g/mol. The second-order valence-corrected chi connectivity index (χ2v) is 6.88. The molecule has 0 radical (unpaired) electrons. The summed E-state index contributed by atoms with van der Waals surface area (Å²) in [4.78, 5) is 6.51. The van der Waals surface area contributed by atoms with Crippen molar-refractivity contribution in [2.45, 2.75) is 38.3 Å². The molecule has 1 aromatic heterocycles. The summed E-state index contributed by atoms with van der Waals surface area (Å²) in [6, 6.07) is 8.41. The lowest BCUT2D eigenvalue weighted by Gasteiger charge is -2.33. The van der Waals surface area contributed by atoms with E-state index < -0.39 is 11.6 Å². The second-order valence-electron chi connectivity index (χ2n) is 6.88. The van der Waals surface area contributed by atoms with E-state index in [1.165, 1.54) is 11.6 Å². The van der Waals surface area contributed by atoms with E-state index in [0.29, 0.717) is 18.2 Å². The lowest BCUT2D eigenvalue weighted by atomic mass is 9.98. The number of nitrogens with zero attached hydrogens (tertiary/aromatic N) is 2. The average Bonchev–Trinajstić information content (AvgIpc) is 2.62. The van der Waals surface area contributed by atoms with Crippen molar-refractivity contribution < 1.29 is 8.78 Å². The van der Waals surface area contributed by atoms with Gasteiger partial charge in [0, 0.05) is 37.6 Å². The molecular weight excluding hydrogens is 320 g/mol. The van der Waals surface area contributed by atoms with Crippen molar-refractivity contribution in [2.75, 3.05) is 19.6 Å². The highest BCUT2D eigenvalue weighted by molar-refractivity contribution is 5.22. The van der Waals surface area contributed by atoms with E-state index >= 15 is 0 Å². The number of hydrogen-bond donors (Lipinski definition) is 1. The van der Waals surface area contributed by atoms with Gasteiger partial charge >= 0.3 is 0 Å². The summed E-state index contributed by atoms with van der Waals surface area (Å²) in [5.74, 6) is -0.958. The van der Waals surface area contributed by atoms with Crippen LogP contribution in [0.2, 0.25) is 0 Å². The molecule has 1 N–H and O–H groups in total. The van der Waals surface area contributed by atoms with Crippen LogP contribution in [0.15, 0.2) is 42.7 Å². The molecule has 2 aromatic rings. The minimum absolute atomic E-state index is 0.0236. The molecule has 1 aliphatic rings. The summed E-state index contributed by atoms with van der Waals surface area (Å²) >= 11 is 0. The molecule has 1 atom stereocenters. The van der Waals surface area contributed by atoms with Crippen LogP contribution in [-0.4, -0.2) is 35.6 Å². The first-order valence-electron chi connectivity index (χ1n) is 8.91. The molecule has 3 rings (SSSR count). The first-order valence-corrected chi connectivity index (χ1v) is 8.91. The van der Waals surface area contributed by atoms with E-state index in [0.717, 1.165) is 38.5 Å². The molecule has 1 aromatic carbocycles. The molecule has 25 heavy (non-hydrogen) atoms. The quantitative estimate of drug-likeness (QED) is 0.865. The number of nitrogens with one attached hydrogen (secondary N) is 1. The topological polar surface area (TPSA) is 28.2 Å². The van der Waals surface area contributed by atoms with Crippen molar-refractivity contribution in [3.05, 3.63) is 65.5 Å². The maximum Gasteiger partial charge on any atom is 0.129 e. The van der Waals surface area contributed by atoms with Crippen molar-refractivity contribution in [1.82, 2.24) is 15.2 Å². The van der Waals surface area contributed by atoms with Gasteiger partial charge in [-0.05, 0) is 61.2 Å². The Labute approximate surface area is 148 Å². The highest BCUT2D eigenvalue weighted by Gasteiger charge is 2.20. The van der Waals surface area contributed by atoms with Gasteiger partial charge in [-0.3, -0.25) is 9.88 Å². The maximum absolute atomic E-state index is 13.8. The Morgan fingerprint density at radius 1 is 1.16 bits per heavy atom. The zero-order chi connectivity index (χ0) is 17.6. The summed E-state index contributed by atoms with van der Waals surface area (Å²) in [6.07, 6.45) is 5.84. The number of halogens is 2. The van der Waals surface area contributed by atoms with Crippen molar-refractivity contribution in [1.29, 1.82) is 0 Å². The zero-order valence-electron chi connectivity index (χ0n) is 14.6. The van der Waals surface area contributed by atoms with E-state index in [-0.39, 0.29) is 5.92 Å². The Bertz CT molecular complexity index is 670. The van der Waals surface area contributed by atoms with Gasteiger partial charge in [-0.2, -0.15) is 0 Å². The van der Waals surface area contributed by atoms with E-state index in [1.807, 2.05) is 19.3 Å². The first-order chi connectivity index (χ1) is 12.1. The summed E-state index contributed by atoms with van der Waals surface area (Å²) in [5, 5.41) is 3.55. The van der Waals surface area contributed by atoms with Gasteiger partial charge in [0.2, 0.25) is 0 Å². The Morgan fingerprint density at radius 2 is 1.88 bits per heavy atom. The van der Waals surface area contributed by atoms with E-state index in [4.69, 9.17) is 0 Å². The molecule has 0 aliphatic carbocycles. The molecule has 1 unspecified atom stereocenters. The van der Waals surface area contributed by atoms with Crippen molar-refractivity contribution in [3.8, 4) is 0 Å². The van der Waals surface area contributed by atoms with Crippen LogP contribution < -0.4 is 5.32 Å². The number of piperidine rings is 1. The number of hydrogen-bond acceptors (Lipinski definition) is 3. The van der Waals surface area contributed by atoms with Crippen molar-refractivity contribution in [3.63, 3.8) is 0 Å². The van der Waals surface area contributed by atoms with Gasteiger partial charge in [-0.25, -0.2) is 8.78 Å². The molecule has 5 heteroatoms. The smallest absolute Gasteiger partial charge is 0.129 e. The van der Waals surface area contributed by atoms with Crippen LogP contribution in [0.25, 0.3) is 0 Å². The predicted octanol–water partition coefficient (Wildman–Crippen LogP) is 3.72. The minimum atomic E-state index is -0.525. The molecule has 134 valence electrons. The lowest BCUT2D eigenvalue weighted by Crippen LogP contribution is -2.43. The summed E-state index contributed by atoms with van der Waals surface area (Å²) < 4.78 is 26.9. The molecular formula is C20H25F2N3. The second kappa shape index (κ2) is 8.50. The SMILES string of the molecule is CC(CNC1CCN(Cc2ccncc2)CC1)c1ccc(F)cc1F. The van der Waals surface area contributed by atoms with Crippen LogP contribution in [-0.2, 0) is 6.54 Å². The highest BCUT2D eigenvalue weighted by Crippen LogP contribution is 2.20. The Kier molecular flexibility index (Phi) is 6.10. The number of pyridine rings is 1. The highest BCUT2D eigenvalue weighted by atomic mass is 19.1. The minimum Gasteiger partial charge on any atom is -0.313 e. The normalized spacial score (nSPS) is 17.6.